The molecule has 0 bridgehead atoms. The van der Waals surface area contributed by atoms with Gasteiger partial charge in [0.2, 0.25) is 0 Å². The van der Waals surface area contributed by atoms with Crippen molar-refractivity contribution in [2.24, 2.45) is 0 Å². The Kier molecular flexibility index (Phi) is 6.49. The van der Waals surface area contributed by atoms with Crippen LogP contribution in [0.4, 0.5) is 0 Å². The summed E-state index contributed by atoms with van der Waals surface area (Å²) in [5.41, 5.74) is 1.35. The van der Waals surface area contributed by atoms with Gasteiger partial charge in [-0.2, -0.15) is 0 Å². The van der Waals surface area contributed by atoms with E-state index in [4.69, 9.17) is 11.6 Å². The third-order valence-corrected chi connectivity index (χ3v) is 4.81. The van der Waals surface area contributed by atoms with Crippen LogP contribution in [0.1, 0.15) is 30.9 Å². The van der Waals surface area contributed by atoms with Gasteiger partial charge in [0.1, 0.15) is 0 Å². The lowest BCUT2D eigenvalue weighted by molar-refractivity contribution is 0.104. The Hall–Kier alpha value is -0.610. The number of likely N-dealkylation sites (tertiary alicyclic amines) is 1. The number of piperidine rings is 1. The second-order valence-electron chi connectivity index (χ2n) is 6.19. The van der Waals surface area contributed by atoms with Crippen LogP contribution in [-0.4, -0.2) is 56.6 Å². The van der Waals surface area contributed by atoms with Gasteiger partial charge in [-0.3, -0.25) is 4.90 Å². The monoisotopic (exact) mass is 309 g/mol. The normalized spacial score (nSPS) is 19.1. The molecule has 2 rings (SSSR count). The van der Waals surface area contributed by atoms with Crippen LogP contribution in [0, 0.1) is 0 Å². The molecule has 1 N–H and O–H groups in total. The molecule has 0 radical (unpaired) electrons. The molecule has 0 spiro atoms. The Balaban J connectivity index is 2.06. The number of nitrogens with one attached hydrogen (secondary N) is 1. The molecule has 1 fully saturated rings. The van der Waals surface area contributed by atoms with Gasteiger partial charge in [0, 0.05) is 30.2 Å². The first kappa shape index (κ1) is 16.8. The van der Waals surface area contributed by atoms with Gasteiger partial charge >= 0.3 is 0 Å². The van der Waals surface area contributed by atoms with Crippen LogP contribution in [0.2, 0.25) is 5.02 Å². The minimum absolute atomic E-state index is 0.472. The Morgan fingerprint density at radius 2 is 2.05 bits per heavy atom. The molecule has 21 heavy (non-hydrogen) atoms. The molecule has 1 aromatic rings. The van der Waals surface area contributed by atoms with Gasteiger partial charge in [-0.25, -0.2) is 0 Å². The maximum Gasteiger partial charge on any atom is 0.0409 e. The fourth-order valence-electron chi connectivity index (χ4n) is 3.27. The van der Waals surface area contributed by atoms with Gasteiger partial charge in [-0.1, -0.05) is 23.7 Å². The zero-order chi connectivity index (χ0) is 15.2. The highest BCUT2D eigenvalue weighted by atomic mass is 35.5. The number of nitrogens with zero attached hydrogens (tertiary/aromatic N) is 2. The van der Waals surface area contributed by atoms with Gasteiger partial charge < -0.3 is 10.2 Å². The number of halogens is 1. The van der Waals surface area contributed by atoms with Crippen LogP contribution < -0.4 is 5.32 Å². The van der Waals surface area contributed by atoms with E-state index in [-0.39, 0.29) is 0 Å². The number of hydrogen-bond acceptors (Lipinski definition) is 3. The summed E-state index contributed by atoms with van der Waals surface area (Å²) in [6.45, 7) is 3.37. The van der Waals surface area contributed by atoms with Crippen LogP contribution in [0.25, 0.3) is 0 Å². The van der Waals surface area contributed by atoms with Gasteiger partial charge in [-0.05, 0) is 64.6 Å². The van der Waals surface area contributed by atoms with E-state index in [1.54, 1.807) is 0 Å². The fourth-order valence-corrected chi connectivity index (χ4v) is 3.47. The van der Waals surface area contributed by atoms with Crippen molar-refractivity contribution in [3.05, 3.63) is 34.9 Å². The summed E-state index contributed by atoms with van der Waals surface area (Å²) >= 11 is 6.19. The summed E-state index contributed by atoms with van der Waals surface area (Å²) in [5.74, 6) is 0. The van der Waals surface area contributed by atoms with E-state index < -0.39 is 0 Å². The lowest BCUT2D eigenvalue weighted by atomic mass is 9.96. The zero-order valence-electron chi connectivity index (χ0n) is 13.5. The van der Waals surface area contributed by atoms with Crippen molar-refractivity contribution >= 4 is 11.6 Å². The second-order valence-corrected chi connectivity index (χ2v) is 6.63. The maximum absolute atomic E-state index is 6.19. The van der Waals surface area contributed by atoms with E-state index >= 15 is 0 Å². The molecule has 0 saturated carbocycles. The third-order valence-electron chi connectivity index (χ3n) is 4.57. The Bertz CT molecular complexity index is 428. The molecular weight excluding hydrogens is 282 g/mol. The largest absolute Gasteiger partial charge is 0.320 e. The molecule has 1 aromatic carbocycles. The molecule has 118 valence electrons. The number of hydrogen-bond donors (Lipinski definition) is 1. The molecule has 1 heterocycles. The van der Waals surface area contributed by atoms with Crippen molar-refractivity contribution in [3.8, 4) is 0 Å². The van der Waals surface area contributed by atoms with Gasteiger partial charge in [0.15, 0.2) is 0 Å². The van der Waals surface area contributed by atoms with Crippen LogP contribution in [0.3, 0.4) is 0 Å². The summed E-state index contributed by atoms with van der Waals surface area (Å²) < 4.78 is 0. The first-order chi connectivity index (χ1) is 10.1. The van der Waals surface area contributed by atoms with Gasteiger partial charge in [0.05, 0.1) is 0 Å². The van der Waals surface area contributed by atoms with E-state index in [0.717, 1.165) is 24.0 Å². The lowest BCUT2D eigenvalue weighted by Gasteiger charge is -2.40. The summed E-state index contributed by atoms with van der Waals surface area (Å²) in [5, 5.41) is 4.12. The van der Waals surface area contributed by atoms with Crippen molar-refractivity contribution in [2.45, 2.75) is 31.3 Å². The Morgan fingerprint density at radius 1 is 1.33 bits per heavy atom. The molecule has 1 saturated heterocycles. The van der Waals surface area contributed by atoms with Crippen LogP contribution >= 0.6 is 11.6 Å². The average Bonchev–Trinajstić information content (AvgIpc) is 2.48. The Morgan fingerprint density at radius 3 is 2.62 bits per heavy atom. The van der Waals surface area contributed by atoms with E-state index in [1.807, 2.05) is 13.1 Å². The van der Waals surface area contributed by atoms with E-state index in [0.29, 0.717) is 6.04 Å². The Labute approximate surface area is 134 Å². The van der Waals surface area contributed by atoms with Crippen molar-refractivity contribution in [2.75, 3.05) is 40.8 Å². The topological polar surface area (TPSA) is 18.5 Å². The van der Waals surface area contributed by atoms with Crippen molar-refractivity contribution < 1.29 is 0 Å². The molecular formula is C17H28ClN3. The molecule has 0 aliphatic carbocycles. The van der Waals surface area contributed by atoms with Crippen molar-refractivity contribution in [1.29, 1.82) is 0 Å². The summed E-state index contributed by atoms with van der Waals surface area (Å²) in [4.78, 5) is 4.99. The molecule has 3 nitrogen and oxygen atoms in total. The zero-order valence-corrected chi connectivity index (χ0v) is 14.2. The minimum atomic E-state index is 0.472. The average molecular weight is 310 g/mol. The summed E-state index contributed by atoms with van der Waals surface area (Å²) in [6.07, 6.45) is 3.64. The highest BCUT2D eigenvalue weighted by molar-refractivity contribution is 6.30. The molecule has 4 heteroatoms. The number of rotatable bonds is 6. The second kappa shape index (κ2) is 8.14. The smallest absolute Gasteiger partial charge is 0.0409 e. The molecule has 1 aliphatic heterocycles. The molecule has 0 unspecified atom stereocenters. The van der Waals surface area contributed by atoms with Crippen LogP contribution in [0.5, 0.6) is 0 Å². The fraction of sp³-hybridized carbons (Fsp3) is 0.647. The molecule has 1 aliphatic rings. The van der Waals surface area contributed by atoms with Gasteiger partial charge in [-0.15, -0.1) is 0 Å². The van der Waals surface area contributed by atoms with E-state index in [9.17, 15) is 0 Å². The highest BCUT2D eigenvalue weighted by Crippen LogP contribution is 2.29. The lowest BCUT2D eigenvalue weighted by Crippen LogP contribution is -2.43. The van der Waals surface area contributed by atoms with Crippen molar-refractivity contribution in [1.82, 2.24) is 15.1 Å². The predicted octanol–water partition coefficient (Wildman–Crippen LogP) is 3.02. The molecule has 1 atom stereocenters. The summed E-state index contributed by atoms with van der Waals surface area (Å²) in [7, 11) is 6.40. The third kappa shape index (κ3) is 4.68. The molecule has 0 aromatic heterocycles. The minimum Gasteiger partial charge on any atom is -0.320 e. The van der Waals surface area contributed by atoms with Crippen LogP contribution in [0.15, 0.2) is 24.3 Å². The predicted molar refractivity (Wildman–Crippen MR) is 91.0 cm³/mol. The van der Waals surface area contributed by atoms with E-state index in [2.05, 4.69) is 47.4 Å². The number of benzene rings is 1. The SMILES string of the molecule is CNCC[C@@H](c1cccc(Cl)c1)N1CCC(N(C)C)CC1. The highest BCUT2D eigenvalue weighted by Gasteiger charge is 2.26. The first-order valence-electron chi connectivity index (χ1n) is 7.92. The standard InChI is InChI=1S/C17H28ClN3/c1-19-10-7-17(14-5-4-6-15(18)13-14)21-11-8-16(9-12-21)20(2)3/h4-6,13,16-17,19H,7-12H2,1-3H3/t17-/m0/s1. The van der Waals surface area contributed by atoms with Crippen molar-refractivity contribution in [3.63, 3.8) is 0 Å². The maximum atomic E-state index is 6.19. The molecule has 0 amide bonds. The van der Waals surface area contributed by atoms with Crippen LogP contribution in [-0.2, 0) is 0 Å². The van der Waals surface area contributed by atoms with Gasteiger partial charge in [0.25, 0.3) is 0 Å². The quantitative estimate of drug-likeness (QED) is 0.871. The summed E-state index contributed by atoms with van der Waals surface area (Å²) in [6, 6.07) is 9.56. The first-order valence-corrected chi connectivity index (χ1v) is 8.30. The van der Waals surface area contributed by atoms with E-state index in [1.165, 1.54) is 31.5 Å².